The van der Waals surface area contributed by atoms with Crippen molar-refractivity contribution in [1.82, 2.24) is 14.7 Å². The van der Waals surface area contributed by atoms with E-state index in [1.807, 2.05) is 0 Å². The summed E-state index contributed by atoms with van der Waals surface area (Å²) in [6, 6.07) is 10.8. The molecule has 1 aromatic rings. The molecule has 1 atom stereocenters. The average molecular weight is 346 g/mol. The second kappa shape index (κ2) is 9.67. The maximum absolute atomic E-state index is 10.4. The third-order valence-corrected chi connectivity index (χ3v) is 5.84. The number of aliphatic hydroxyl groups is 1. The minimum Gasteiger partial charge on any atom is -0.390 e. The van der Waals surface area contributed by atoms with Crippen LogP contribution in [0.5, 0.6) is 0 Å². The first-order chi connectivity index (χ1) is 12.2. The average Bonchev–Trinajstić information content (AvgIpc) is 2.64. The molecule has 4 heteroatoms. The number of piperidine rings is 1. The van der Waals surface area contributed by atoms with E-state index in [2.05, 4.69) is 52.0 Å². The van der Waals surface area contributed by atoms with Crippen LogP contribution in [0, 0.1) is 5.92 Å². The maximum Gasteiger partial charge on any atom is 0.0793 e. The Hall–Kier alpha value is -0.940. The molecule has 140 valence electrons. The van der Waals surface area contributed by atoms with E-state index in [0.29, 0.717) is 0 Å². The molecule has 3 rings (SSSR count). The minimum absolute atomic E-state index is 0.204. The van der Waals surface area contributed by atoms with Crippen LogP contribution in [0.15, 0.2) is 30.3 Å². The quantitative estimate of drug-likeness (QED) is 0.818. The minimum atomic E-state index is -0.204. The van der Waals surface area contributed by atoms with Crippen LogP contribution in [0.4, 0.5) is 0 Å². The second-order valence-electron chi connectivity index (χ2n) is 8.01. The van der Waals surface area contributed by atoms with Crippen molar-refractivity contribution in [3.8, 4) is 0 Å². The summed E-state index contributed by atoms with van der Waals surface area (Å²) in [6.45, 7) is 11.9. The van der Waals surface area contributed by atoms with Crippen LogP contribution in [0.2, 0.25) is 0 Å². The molecule has 1 aromatic carbocycles. The number of aliphatic hydroxyl groups excluding tert-OH is 1. The molecule has 2 fully saturated rings. The van der Waals surface area contributed by atoms with Gasteiger partial charge < -0.3 is 14.9 Å². The van der Waals surface area contributed by atoms with Gasteiger partial charge in [-0.05, 0) is 43.8 Å². The van der Waals surface area contributed by atoms with Crippen molar-refractivity contribution in [2.24, 2.45) is 5.92 Å². The highest BCUT2D eigenvalue weighted by atomic mass is 16.3. The normalized spacial score (nSPS) is 23.0. The van der Waals surface area contributed by atoms with Crippen LogP contribution < -0.4 is 0 Å². The molecule has 0 saturated carbocycles. The highest BCUT2D eigenvalue weighted by molar-refractivity contribution is 5.14. The lowest BCUT2D eigenvalue weighted by Crippen LogP contribution is -2.50. The summed E-state index contributed by atoms with van der Waals surface area (Å²) in [4.78, 5) is 7.44. The Morgan fingerprint density at radius 3 is 2.08 bits per heavy atom. The van der Waals surface area contributed by atoms with Gasteiger partial charge in [0.25, 0.3) is 0 Å². The van der Waals surface area contributed by atoms with E-state index in [4.69, 9.17) is 0 Å². The molecule has 4 nitrogen and oxygen atoms in total. The van der Waals surface area contributed by atoms with Gasteiger partial charge in [0.15, 0.2) is 0 Å². The zero-order chi connectivity index (χ0) is 17.5. The molecule has 0 amide bonds. The number of rotatable bonds is 7. The zero-order valence-electron chi connectivity index (χ0n) is 15.8. The second-order valence-corrected chi connectivity index (χ2v) is 8.01. The van der Waals surface area contributed by atoms with Crippen molar-refractivity contribution < 1.29 is 5.11 Å². The summed E-state index contributed by atoms with van der Waals surface area (Å²) in [5.41, 5.74) is 1.43. The summed E-state index contributed by atoms with van der Waals surface area (Å²) >= 11 is 0. The largest absolute Gasteiger partial charge is 0.390 e. The topological polar surface area (TPSA) is 30.0 Å². The fraction of sp³-hybridized carbons (Fsp3) is 0.714. The highest BCUT2D eigenvalue weighted by Gasteiger charge is 2.22. The molecule has 1 unspecified atom stereocenters. The molecule has 2 heterocycles. The van der Waals surface area contributed by atoms with Gasteiger partial charge in [0.2, 0.25) is 0 Å². The van der Waals surface area contributed by atoms with Gasteiger partial charge in [-0.1, -0.05) is 37.3 Å². The van der Waals surface area contributed by atoms with Gasteiger partial charge in [-0.2, -0.15) is 0 Å². The van der Waals surface area contributed by atoms with Crippen molar-refractivity contribution in [3.05, 3.63) is 35.9 Å². The Labute approximate surface area is 153 Å². The summed E-state index contributed by atoms with van der Waals surface area (Å²) in [5, 5.41) is 10.4. The zero-order valence-corrected chi connectivity index (χ0v) is 15.8. The number of β-amino-alcohol motifs (C(OH)–C–C–N with tert-alkyl or cyclic N) is 1. The Kier molecular flexibility index (Phi) is 7.29. The lowest BCUT2D eigenvalue weighted by molar-refractivity contribution is 0.0430. The molecule has 0 bridgehead atoms. The predicted octanol–water partition coefficient (Wildman–Crippen LogP) is 1.94. The van der Waals surface area contributed by atoms with E-state index in [9.17, 15) is 5.11 Å². The van der Waals surface area contributed by atoms with Gasteiger partial charge in [0.05, 0.1) is 6.10 Å². The van der Waals surface area contributed by atoms with E-state index in [1.54, 1.807) is 0 Å². The highest BCUT2D eigenvalue weighted by Crippen LogP contribution is 2.16. The fourth-order valence-electron chi connectivity index (χ4n) is 4.03. The van der Waals surface area contributed by atoms with Crippen LogP contribution in [0.25, 0.3) is 0 Å². The standard InChI is InChI=1S/C21H35N3O/c1-19-7-10-23(11-8-19)17-21(25)18-24-15-13-22(14-16-24)12-9-20-5-3-2-4-6-20/h2-6,19,21,25H,7-18H2,1H3. The summed E-state index contributed by atoms with van der Waals surface area (Å²) in [5.74, 6) is 0.859. The summed E-state index contributed by atoms with van der Waals surface area (Å²) in [7, 11) is 0. The molecule has 0 radical (unpaired) electrons. The smallest absolute Gasteiger partial charge is 0.0793 e. The molecular weight excluding hydrogens is 310 g/mol. The van der Waals surface area contributed by atoms with Crippen molar-refractivity contribution in [2.75, 3.05) is 58.9 Å². The van der Waals surface area contributed by atoms with Crippen LogP contribution in [0.3, 0.4) is 0 Å². The first-order valence-electron chi connectivity index (χ1n) is 10.1. The first kappa shape index (κ1) is 18.8. The number of nitrogens with zero attached hydrogens (tertiary/aromatic N) is 3. The molecule has 0 aromatic heterocycles. The van der Waals surface area contributed by atoms with Crippen LogP contribution >= 0.6 is 0 Å². The number of benzene rings is 1. The molecule has 0 spiro atoms. The Morgan fingerprint density at radius 2 is 1.44 bits per heavy atom. The summed E-state index contributed by atoms with van der Waals surface area (Å²) < 4.78 is 0. The van der Waals surface area contributed by atoms with Gasteiger partial charge >= 0.3 is 0 Å². The van der Waals surface area contributed by atoms with Crippen molar-refractivity contribution in [3.63, 3.8) is 0 Å². The van der Waals surface area contributed by atoms with Gasteiger partial charge in [-0.15, -0.1) is 0 Å². The number of likely N-dealkylation sites (tertiary alicyclic amines) is 1. The predicted molar refractivity (Wildman–Crippen MR) is 104 cm³/mol. The lowest BCUT2D eigenvalue weighted by atomic mass is 9.99. The van der Waals surface area contributed by atoms with Crippen molar-refractivity contribution in [2.45, 2.75) is 32.3 Å². The molecule has 2 aliphatic rings. The monoisotopic (exact) mass is 345 g/mol. The van der Waals surface area contributed by atoms with E-state index >= 15 is 0 Å². The van der Waals surface area contributed by atoms with Gasteiger partial charge in [0.1, 0.15) is 0 Å². The number of hydrogen-bond donors (Lipinski definition) is 1. The molecule has 1 N–H and O–H groups in total. The molecule has 2 aliphatic heterocycles. The van der Waals surface area contributed by atoms with Crippen molar-refractivity contribution >= 4 is 0 Å². The van der Waals surface area contributed by atoms with E-state index in [0.717, 1.165) is 71.2 Å². The van der Waals surface area contributed by atoms with Crippen LogP contribution in [0.1, 0.15) is 25.3 Å². The van der Waals surface area contributed by atoms with Gasteiger partial charge in [-0.25, -0.2) is 0 Å². The number of hydrogen-bond acceptors (Lipinski definition) is 4. The van der Waals surface area contributed by atoms with Crippen LogP contribution in [-0.4, -0.2) is 84.8 Å². The van der Waals surface area contributed by atoms with Crippen LogP contribution in [-0.2, 0) is 6.42 Å². The van der Waals surface area contributed by atoms with Crippen molar-refractivity contribution in [1.29, 1.82) is 0 Å². The SMILES string of the molecule is CC1CCN(CC(O)CN2CCN(CCc3ccccc3)CC2)CC1. The first-order valence-corrected chi connectivity index (χ1v) is 10.1. The lowest BCUT2D eigenvalue weighted by Gasteiger charge is -2.37. The molecule has 2 saturated heterocycles. The van der Waals surface area contributed by atoms with E-state index < -0.39 is 0 Å². The Bertz CT molecular complexity index is 479. The molecular formula is C21H35N3O. The fourth-order valence-corrected chi connectivity index (χ4v) is 4.03. The third-order valence-electron chi connectivity index (χ3n) is 5.84. The maximum atomic E-state index is 10.4. The Morgan fingerprint density at radius 1 is 0.880 bits per heavy atom. The molecule has 25 heavy (non-hydrogen) atoms. The Balaban J connectivity index is 1.30. The number of piperazine rings is 1. The third kappa shape index (κ3) is 6.37. The summed E-state index contributed by atoms with van der Waals surface area (Å²) in [6.07, 6.45) is 3.50. The van der Waals surface area contributed by atoms with E-state index in [-0.39, 0.29) is 6.10 Å². The molecule has 0 aliphatic carbocycles. The van der Waals surface area contributed by atoms with Gasteiger partial charge in [0, 0.05) is 45.8 Å². The van der Waals surface area contributed by atoms with E-state index in [1.165, 1.54) is 18.4 Å². The van der Waals surface area contributed by atoms with Gasteiger partial charge in [-0.3, -0.25) is 4.90 Å².